The summed E-state index contributed by atoms with van der Waals surface area (Å²) in [7, 11) is 0. The average molecular weight is 604 g/mol. The largest absolute Gasteiger partial charge is 0.489 e. The van der Waals surface area contributed by atoms with Crippen molar-refractivity contribution in [2.24, 2.45) is 5.10 Å². The Morgan fingerprint density at radius 1 is 1.27 bits per heavy atom. The van der Waals surface area contributed by atoms with Gasteiger partial charge in [0.25, 0.3) is 5.91 Å². The number of aryl methyl sites for hydroxylation is 1. The van der Waals surface area contributed by atoms with Gasteiger partial charge in [-0.05, 0) is 68.7 Å². The lowest BCUT2D eigenvalue weighted by atomic mass is 10.1. The zero-order valence-electron chi connectivity index (χ0n) is 26.1. The van der Waals surface area contributed by atoms with Crippen molar-refractivity contribution in [3.05, 3.63) is 66.3 Å². The normalized spacial score (nSPS) is 16.6. The predicted octanol–water partition coefficient (Wildman–Crippen LogP) is 5.24. The van der Waals surface area contributed by atoms with Gasteiger partial charge in [-0.1, -0.05) is 12.8 Å². The predicted molar refractivity (Wildman–Crippen MR) is 179 cm³/mol. The van der Waals surface area contributed by atoms with Crippen molar-refractivity contribution in [1.82, 2.24) is 19.9 Å². The molecular weight excluding hydrogens is 566 g/mol. The first-order valence-corrected chi connectivity index (χ1v) is 15.0. The van der Waals surface area contributed by atoms with E-state index in [1.807, 2.05) is 68.4 Å². The van der Waals surface area contributed by atoms with Gasteiger partial charge in [0.05, 0.1) is 23.8 Å². The van der Waals surface area contributed by atoms with Crippen LogP contribution in [-0.2, 0) is 4.79 Å². The maximum atomic E-state index is 12.3. The minimum absolute atomic E-state index is 0.0594. The molecule has 0 radical (unpaired) electrons. The average Bonchev–Trinajstić information content (AvgIpc) is 3.06. The highest BCUT2D eigenvalue weighted by Crippen LogP contribution is 2.40. The van der Waals surface area contributed by atoms with Crippen LogP contribution in [-0.4, -0.2) is 70.8 Å². The smallest absolute Gasteiger partial charge is 0.298 e. The molecule has 0 spiro atoms. The number of terminal acetylenes is 1. The van der Waals surface area contributed by atoms with Gasteiger partial charge in [-0.2, -0.15) is 5.10 Å². The fourth-order valence-electron chi connectivity index (χ4n) is 5.27. The van der Waals surface area contributed by atoms with Gasteiger partial charge in [0.15, 0.2) is 0 Å². The number of carbonyl (C=O) groups is 1. The Balaban J connectivity index is 0.000000945. The molecule has 4 heterocycles. The molecule has 45 heavy (non-hydrogen) atoms. The number of nitrogens with one attached hydrogen (secondary N) is 1. The van der Waals surface area contributed by atoms with Crippen LogP contribution in [0.2, 0.25) is 0 Å². The molecule has 0 aliphatic carbocycles. The highest BCUT2D eigenvalue weighted by atomic mass is 16.5. The number of carbonyl (C=O) groups excluding carboxylic acids is 1. The van der Waals surface area contributed by atoms with Crippen LogP contribution in [0.5, 0.6) is 11.5 Å². The summed E-state index contributed by atoms with van der Waals surface area (Å²) in [5, 5.41) is 10.4. The minimum atomic E-state index is -0.136. The number of rotatable bonds is 5. The van der Waals surface area contributed by atoms with Crippen LogP contribution in [0.15, 0.2) is 65.9 Å². The van der Waals surface area contributed by atoms with Crippen LogP contribution in [0.25, 0.3) is 10.9 Å². The molecule has 0 bridgehead atoms. The molecule has 1 N–H and O–H groups in total. The molecule has 10 nitrogen and oxygen atoms in total. The Bertz CT molecular complexity index is 1760. The van der Waals surface area contributed by atoms with Crippen molar-refractivity contribution in [2.75, 3.05) is 43.0 Å². The molecule has 1 atom stereocenters. The molecule has 3 aliphatic heterocycles. The van der Waals surface area contributed by atoms with Gasteiger partial charge < -0.3 is 24.6 Å². The summed E-state index contributed by atoms with van der Waals surface area (Å²) < 4.78 is 12.3. The lowest BCUT2D eigenvalue weighted by molar-refractivity contribution is -0.126. The van der Waals surface area contributed by atoms with Crippen LogP contribution >= 0.6 is 0 Å². The summed E-state index contributed by atoms with van der Waals surface area (Å²) in [4.78, 5) is 25.5. The summed E-state index contributed by atoms with van der Waals surface area (Å²) in [6, 6.07) is 10.1. The van der Waals surface area contributed by atoms with E-state index in [1.54, 1.807) is 24.4 Å². The number of allylic oxidation sites excluding steroid dienone is 1. The van der Waals surface area contributed by atoms with Crippen LogP contribution in [0, 0.1) is 31.1 Å². The molecule has 10 heteroatoms. The van der Waals surface area contributed by atoms with E-state index in [1.165, 1.54) is 0 Å². The van der Waals surface area contributed by atoms with E-state index in [0.717, 1.165) is 51.5 Å². The molecule has 6 rings (SSSR count). The molecule has 230 valence electrons. The number of piperazine rings is 1. The maximum Gasteiger partial charge on any atom is 0.298 e. The summed E-state index contributed by atoms with van der Waals surface area (Å²) in [5.74, 6) is 10.7. The lowest BCUT2D eigenvalue weighted by Gasteiger charge is -2.45. The topological polar surface area (TPSA) is 95.4 Å². The van der Waals surface area contributed by atoms with Gasteiger partial charge in [0.1, 0.15) is 36.0 Å². The quantitative estimate of drug-likeness (QED) is 0.313. The Morgan fingerprint density at radius 2 is 2.11 bits per heavy atom. The first-order chi connectivity index (χ1) is 21.9. The number of amides is 1. The molecule has 1 unspecified atom stereocenters. The Labute approximate surface area is 264 Å². The number of hydrogen-bond acceptors (Lipinski definition) is 9. The Kier molecular flexibility index (Phi) is 9.86. The van der Waals surface area contributed by atoms with E-state index < -0.39 is 0 Å². The van der Waals surface area contributed by atoms with Crippen molar-refractivity contribution in [1.29, 1.82) is 0 Å². The molecule has 1 fully saturated rings. The second-order valence-electron chi connectivity index (χ2n) is 10.5. The van der Waals surface area contributed by atoms with Crippen molar-refractivity contribution < 1.29 is 14.3 Å². The van der Waals surface area contributed by atoms with Gasteiger partial charge in [-0.25, -0.2) is 9.97 Å². The third kappa shape index (κ3) is 7.19. The molecule has 1 amide bonds. The van der Waals surface area contributed by atoms with E-state index in [4.69, 9.17) is 15.9 Å². The van der Waals surface area contributed by atoms with E-state index >= 15 is 0 Å². The highest BCUT2D eigenvalue weighted by molar-refractivity contribution is 5.96. The molecular formula is C35H37N7O3. The second kappa shape index (κ2) is 14.3. The Morgan fingerprint density at radius 3 is 2.82 bits per heavy atom. The number of benzene rings is 2. The SMILES string of the molecule is C#CCC.CC#CC(=O)N1CCN2c3cc4c(Nc5ccc(OC6=CCN(/N=C\C)C=C6)c(C)c5)ncnc4cc3OCC2C1. The van der Waals surface area contributed by atoms with Crippen LogP contribution < -0.4 is 19.7 Å². The number of aromatic nitrogens is 2. The van der Waals surface area contributed by atoms with Crippen LogP contribution in [0.4, 0.5) is 17.2 Å². The first kappa shape index (κ1) is 31.0. The van der Waals surface area contributed by atoms with Gasteiger partial charge in [0.2, 0.25) is 0 Å². The number of hydrogen-bond donors (Lipinski definition) is 1. The Hall–Kier alpha value is -5.48. The van der Waals surface area contributed by atoms with Crippen molar-refractivity contribution in [2.45, 2.75) is 40.2 Å². The summed E-state index contributed by atoms with van der Waals surface area (Å²) in [6.45, 7) is 10.6. The van der Waals surface area contributed by atoms with Gasteiger partial charge >= 0.3 is 0 Å². The number of anilines is 3. The number of hydrazone groups is 1. The van der Waals surface area contributed by atoms with Gasteiger partial charge in [-0.3, -0.25) is 9.80 Å². The van der Waals surface area contributed by atoms with Gasteiger partial charge in [0, 0.05) is 55.6 Å². The number of fused-ring (bicyclic) bond motifs is 4. The van der Waals surface area contributed by atoms with Crippen LogP contribution in [0.1, 0.15) is 32.8 Å². The highest BCUT2D eigenvalue weighted by Gasteiger charge is 2.34. The molecule has 3 aliphatic rings. The molecule has 0 saturated carbocycles. The molecule has 2 aromatic carbocycles. The molecule has 3 aromatic rings. The first-order valence-electron chi connectivity index (χ1n) is 15.0. The standard InChI is InChI=1S/C31H31N7O3.C4H6/c1-4-6-30(39)36-13-14-38-23(18-36)19-40-29-17-26-25(16-27(29)38)31(33-20-32-26)35-22-7-8-28(21(3)15-22)41-24-9-11-37(12-10-24)34-5-2;1-3-4-2/h5,7-11,15-17,20,23H,12-14,18-19H2,1-3H3,(H,32,33,35);1H,4H2,2H3/b34-5-;. The van der Waals surface area contributed by atoms with E-state index in [9.17, 15) is 4.79 Å². The van der Waals surface area contributed by atoms with Gasteiger partial charge in [-0.15, -0.1) is 12.3 Å². The molecule has 1 aromatic heterocycles. The lowest BCUT2D eigenvalue weighted by Crippen LogP contribution is -2.58. The van der Waals surface area contributed by atoms with Crippen molar-refractivity contribution in [3.8, 4) is 35.7 Å². The minimum Gasteiger partial charge on any atom is -0.489 e. The zero-order chi connectivity index (χ0) is 31.8. The third-order valence-corrected chi connectivity index (χ3v) is 7.48. The van der Waals surface area contributed by atoms with E-state index in [2.05, 4.69) is 49.1 Å². The number of ether oxygens (including phenoxy) is 2. The number of nitrogens with zero attached hydrogens (tertiary/aromatic N) is 6. The fraction of sp³-hybridized carbons (Fsp3) is 0.314. The fourth-order valence-corrected chi connectivity index (χ4v) is 5.27. The van der Waals surface area contributed by atoms with Crippen LogP contribution in [0.3, 0.4) is 0 Å². The van der Waals surface area contributed by atoms with Crippen molar-refractivity contribution >= 4 is 40.2 Å². The third-order valence-electron chi connectivity index (χ3n) is 7.48. The zero-order valence-corrected chi connectivity index (χ0v) is 26.1. The summed E-state index contributed by atoms with van der Waals surface area (Å²) in [6.07, 6.45) is 14.7. The van der Waals surface area contributed by atoms with E-state index in [-0.39, 0.29) is 11.9 Å². The summed E-state index contributed by atoms with van der Waals surface area (Å²) >= 11 is 0. The summed E-state index contributed by atoms with van der Waals surface area (Å²) in [5.41, 5.74) is 3.66. The van der Waals surface area contributed by atoms with Crippen molar-refractivity contribution in [3.63, 3.8) is 0 Å². The molecule has 1 saturated heterocycles. The maximum absolute atomic E-state index is 12.3. The van der Waals surface area contributed by atoms with E-state index in [0.29, 0.717) is 38.6 Å². The second-order valence-corrected chi connectivity index (χ2v) is 10.5. The monoisotopic (exact) mass is 603 g/mol.